The lowest BCUT2D eigenvalue weighted by atomic mass is 10.1. The highest BCUT2D eigenvalue weighted by Crippen LogP contribution is 2.26. The topological polar surface area (TPSA) is 38.1 Å². The van der Waals surface area contributed by atoms with Crippen molar-refractivity contribution in [2.24, 2.45) is 0 Å². The molecule has 0 unspecified atom stereocenters. The van der Waals surface area contributed by atoms with E-state index in [0.717, 1.165) is 24.6 Å². The van der Waals surface area contributed by atoms with E-state index in [-0.39, 0.29) is 5.56 Å². The maximum absolute atomic E-state index is 13.6. The maximum Gasteiger partial charge on any atom is 0.174 e. The molecule has 2 aromatic rings. The summed E-state index contributed by atoms with van der Waals surface area (Å²) in [6.07, 6.45) is 2.55. The summed E-state index contributed by atoms with van der Waals surface area (Å²) >= 11 is 0. The van der Waals surface area contributed by atoms with Gasteiger partial charge in [0.05, 0.1) is 11.8 Å². The Bertz CT molecular complexity index is 525. The number of hydrogen-bond acceptors (Lipinski definition) is 3. The number of halogens is 2. The average Bonchev–Trinajstić information content (AvgIpc) is 2.78. The van der Waals surface area contributed by atoms with Gasteiger partial charge in [-0.15, -0.1) is 0 Å². The standard InChI is InChI=1S/C13H14F2N2O/c1-2-5-16-7-9-8-17-18-13(9)11-4-3-10(14)6-12(11)15/h3-4,6,8,16H,2,5,7H2,1H3. The van der Waals surface area contributed by atoms with Crippen LogP contribution in [0.1, 0.15) is 18.9 Å². The first-order chi connectivity index (χ1) is 8.72. The van der Waals surface area contributed by atoms with Crippen molar-refractivity contribution in [2.45, 2.75) is 19.9 Å². The Balaban J connectivity index is 2.25. The fourth-order valence-electron chi connectivity index (χ4n) is 1.68. The quantitative estimate of drug-likeness (QED) is 0.831. The Hall–Kier alpha value is -1.75. The van der Waals surface area contributed by atoms with E-state index in [1.807, 2.05) is 0 Å². The number of nitrogens with one attached hydrogen (secondary N) is 1. The van der Waals surface area contributed by atoms with Gasteiger partial charge in [-0.1, -0.05) is 12.1 Å². The summed E-state index contributed by atoms with van der Waals surface area (Å²) in [5, 5.41) is 6.85. The van der Waals surface area contributed by atoms with Crippen LogP contribution in [0.25, 0.3) is 11.3 Å². The minimum Gasteiger partial charge on any atom is -0.356 e. The molecule has 0 fully saturated rings. The molecule has 0 aliphatic heterocycles. The number of aromatic nitrogens is 1. The molecule has 0 atom stereocenters. The summed E-state index contributed by atoms with van der Waals surface area (Å²) in [5.41, 5.74) is 0.983. The third kappa shape index (κ3) is 2.73. The summed E-state index contributed by atoms with van der Waals surface area (Å²) in [7, 11) is 0. The number of rotatable bonds is 5. The van der Waals surface area contributed by atoms with Crippen molar-refractivity contribution in [1.82, 2.24) is 10.5 Å². The van der Waals surface area contributed by atoms with Gasteiger partial charge in [-0.25, -0.2) is 8.78 Å². The van der Waals surface area contributed by atoms with E-state index in [4.69, 9.17) is 4.52 Å². The van der Waals surface area contributed by atoms with Crippen LogP contribution < -0.4 is 5.32 Å². The Morgan fingerprint density at radius 2 is 2.17 bits per heavy atom. The molecular formula is C13H14F2N2O. The van der Waals surface area contributed by atoms with Crippen LogP contribution in [0, 0.1) is 11.6 Å². The molecule has 0 aliphatic carbocycles. The normalized spacial score (nSPS) is 10.8. The fraction of sp³-hybridized carbons (Fsp3) is 0.308. The second-order valence-electron chi connectivity index (χ2n) is 3.98. The van der Waals surface area contributed by atoms with Crippen molar-refractivity contribution in [3.8, 4) is 11.3 Å². The Kier molecular flexibility index (Phi) is 4.04. The highest BCUT2D eigenvalue weighted by atomic mass is 19.1. The van der Waals surface area contributed by atoms with Gasteiger partial charge >= 0.3 is 0 Å². The van der Waals surface area contributed by atoms with Crippen LogP contribution in [0.15, 0.2) is 28.9 Å². The number of benzene rings is 1. The monoisotopic (exact) mass is 252 g/mol. The summed E-state index contributed by atoms with van der Waals surface area (Å²) in [6, 6.07) is 3.39. The van der Waals surface area contributed by atoms with Gasteiger partial charge in [0.2, 0.25) is 0 Å². The molecule has 1 N–H and O–H groups in total. The number of hydrogen-bond donors (Lipinski definition) is 1. The van der Waals surface area contributed by atoms with Gasteiger partial charge in [0.15, 0.2) is 5.76 Å². The van der Waals surface area contributed by atoms with Crippen molar-refractivity contribution in [1.29, 1.82) is 0 Å². The molecule has 5 heteroatoms. The number of nitrogens with zero attached hydrogens (tertiary/aromatic N) is 1. The first-order valence-corrected chi connectivity index (χ1v) is 5.82. The molecule has 0 saturated heterocycles. The lowest BCUT2D eigenvalue weighted by Gasteiger charge is -2.04. The Morgan fingerprint density at radius 1 is 1.33 bits per heavy atom. The van der Waals surface area contributed by atoms with E-state index in [1.54, 1.807) is 6.20 Å². The summed E-state index contributed by atoms with van der Waals surface area (Å²) in [6.45, 7) is 3.46. The molecule has 1 aromatic heterocycles. The molecule has 0 amide bonds. The lowest BCUT2D eigenvalue weighted by molar-refractivity contribution is 0.428. The van der Waals surface area contributed by atoms with Gasteiger partial charge in [0, 0.05) is 18.2 Å². The van der Waals surface area contributed by atoms with Gasteiger partial charge in [-0.05, 0) is 25.1 Å². The van der Waals surface area contributed by atoms with Gasteiger partial charge in [-0.2, -0.15) is 0 Å². The Labute approximate surface area is 104 Å². The van der Waals surface area contributed by atoms with E-state index >= 15 is 0 Å². The molecule has 1 heterocycles. The van der Waals surface area contributed by atoms with Crippen LogP contribution in [-0.4, -0.2) is 11.7 Å². The third-order valence-corrected chi connectivity index (χ3v) is 2.56. The zero-order chi connectivity index (χ0) is 13.0. The van der Waals surface area contributed by atoms with E-state index < -0.39 is 11.6 Å². The van der Waals surface area contributed by atoms with Crippen molar-refractivity contribution in [2.75, 3.05) is 6.54 Å². The van der Waals surface area contributed by atoms with Gasteiger partial charge in [0.25, 0.3) is 0 Å². The molecular weight excluding hydrogens is 238 g/mol. The van der Waals surface area contributed by atoms with Crippen molar-refractivity contribution >= 4 is 0 Å². The second-order valence-corrected chi connectivity index (χ2v) is 3.98. The van der Waals surface area contributed by atoms with Gasteiger partial charge < -0.3 is 9.84 Å². The van der Waals surface area contributed by atoms with Crippen LogP contribution in [0.5, 0.6) is 0 Å². The van der Waals surface area contributed by atoms with Crippen LogP contribution >= 0.6 is 0 Å². The van der Waals surface area contributed by atoms with Crippen molar-refractivity contribution < 1.29 is 13.3 Å². The minimum absolute atomic E-state index is 0.224. The smallest absolute Gasteiger partial charge is 0.174 e. The highest BCUT2D eigenvalue weighted by Gasteiger charge is 2.15. The zero-order valence-corrected chi connectivity index (χ0v) is 10.0. The molecule has 3 nitrogen and oxygen atoms in total. The van der Waals surface area contributed by atoms with E-state index in [2.05, 4.69) is 17.4 Å². The maximum atomic E-state index is 13.6. The van der Waals surface area contributed by atoms with Crippen LogP contribution in [0.2, 0.25) is 0 Å². The van der Waals surface area contributed by atoms with Crippen LogP contribution in [-0.2, 0) is 6.54 Å². The lowest BCUT2D eigenvalue weighted by Crippen LogP contribution is -2.13. The van der Waals surface area contributed by atoms with E-state index in [1.165, 1.54) is 12.1 Å². The highest BCUT2D eigenvalue weighted by molar-refractivity contribution is 5.61. The molecule has 1 aromatic carbocycles. The largest absolute Gasteiger partial charge is 0.356 e. The van der Waals surface area contributed by atoms with Gasteiger partial charge in [-0.3, -0.25) is 0 Å². The van der Waals surface area contributed by atoms with Crippen molar-refractivity contribution in [3.63, 3.8) is 0 Å². The summed E-state index contributed by atoms with van der Waals surface area (Å²) in [4.78, 5) is 0. The first-order valence-electron chi connectivity index (χ1n) is 5.82. The predicted molar refractivity (Wildman–Crippen MR) is 63.9 cm³/mol. The molecule has 96 valence electrons. The average molecular weight is 252 g/mol. The molecule has 0 aliphatic rings. The molecule has 0 radical (unpaired) electrons. The van der Waals surface area contributed by atoms with Crippen molar-refractivity contribution in [3.05, 3.63) is 41.6 Å². The molecule has 0 spiro atoms. The van der Waals surface area contributed by atoms with Crippen LogP contribution in [0.4, 0.5) is 8.78 Å². The third-order valence-electron chi connectivity index (χ3n) is 2.56. The fourth-order valence-corrected chi connectivity index (χ4v) is 1.68. The Morgan fingerprint density at radius 3 is 2.89 bits per heavy atom. The zero-order valence-electron chi connectivity index (χ0n) is 10.0. The summed E-state index contributed by atoms with van der Waals surface area (Å²) in [5.74, 6) is -0.916. The molecule has 0 saturated carbocycles. The SMILES string of the molecule is CCCNCc1cnoc1-c1ccc(F)cc1F. The molecule has 18 heavy (non-hydrogen) atoms. The molecule has 0 bridgehead atoms. The van der Waals surface area contributed by atoms with E-state index in [9.17, 15) is 8.78 Å². The summed E-state index contributed by atoms with van der Waals surface area (Å²) < 4.78 is 31.5. The van der Waals surface area contributed by atoms with Crippen LogP contribution in [0.3, 0.4) is 0 Å². The first kappa shape index (κ1) is 12.7. The predicted octanol–water partition coefficient (Wildman–Crippen LogP) is 3.12. The van der Waals surface area contributed by atoms with Gasteiger partial charge in [0.1, 0.15) is 11.6 Å². The second kappa shape index (κ2) is 5.73. The minimum atomic E-state index is -0.650. The van der Waals surface area contributed by atoms with E-state index in [0.29, 0.717) is 12.3 Å². The molecule has 2 rings (SSSR count).